The van der Waals surface area contributed by atoms with Crippen LogP contribution in [0.15, 0.2) is 6.20 Å². The molecule has 2 aliphatic rings. The molecule has 0 radical (unpaired) electrons. The van der Waals surface area contributed by atoms with Crippen molar-refractivity contribution in [1.29, 1.82) is 0 Å². The van der Waals surface area contributed by atoms with Crippen LogP contribution in [0.4, 0.5) is 9.93 Å². The van der Waals surface area contributed by atoms with Crippen molar-refractivity contribution >= 4 is 50.1 Å². The van der Waals surface area contributed by atoms with E-state index in [1.165, 1.54) is 0 Å². The number of carbonyl (C=O) groups is 1. The lowest BCUT2D eigenvalue weighted by Crippen LogP contribution is -2.54. The number of amides is 1. The van der Waals surface area contributed by atoms with E-state index in [4.69, 9.17) is 4.74 Å². The molecule has 1 aliphatic carbocycles. The number of aliphatic hydroxyl groups is 1. The maximum Gasteiger partial charge on any atom is 0.407 e. The third kappa shape index (κ3) is 3.88. The summed E-state index contributed by atoms with van der Waals surface area (Å²) in [4.78, 5) is 19.8. The van der Waals surface area contributed by atoms with Crippen molar-refractivity contribution in [3.63, 3.8) is 0 Å². The van der Waals surface area contributed by atoms with Gasteiger partial charge in [-0.05, 0) is 62.1 Å². The van der Waals surface area contributed by atoms with Crippen LogP contribution in [0.25, 0.3) is 4.96 Å². The number of imidazole rings is 1. The Balaban J connectivity index is 1.49. The predicted molar refractivity (Wildman–Crippen MR) is 111 cm³/mol. The molecule has 1 amide bonds. The number of aliphatic hydroxyl groups excluding tert-OH is 1. The Labute approximate surface area is 175 Å². The van der Waals surface area contributed by atoms with Gasteiger partial charge in [-0.25, -0.2) is 9.78 Å². The number of aromatic nitrogens is 3. The maximum absolute atomic E-state index is 12.3. The average molecular weight is 505 g/mol. The van der Waals surface area contributed by atoms with Gasteiger partial charge in [0.15, 0.2) is 0 Å². The second-order valence-corrected chi connectivity index (χ2v) is 10.3. The second kappa shape index (κ2) is 7.03. The summed E-state index contributed by atoms with van der Waals surface area (Å²) in [6.07, 6.45) is 2.44. The number of carbonyl (C=O) groups excluding carboxylic acids is 1. The molecule has 1 aliphatic heterocycles. The highest BCUT2D eigenvalue weighted by atomic mass is 127. The first-order valence-corrected chi connectivity index (χ1v) is 11.0. The molecule has 2 fully saturated rings. The van der Waals surface area contributed by atoms with E-state index in [2.05, 4.69) is 42.9 Å². The van der Waals surface area contributed by atoms with Gasteiger partial charge in [0.1, 0.15) is 9.30 Å². The van der Waals surface area contributed by atoms with Crippen LogP contribution < -0.4 is 10.2 Å². The molecule has 3 heterocycles. The Morgan fingerprint density at radius 3 is 2.89 bits per heavy atom. The van der Waals surface area contributed by atoms with Crippen LogP contribution in [0, 0.1) is 15.5 Å². The normalized spacial score (nSPS) is 28.4. The minimum atomic E-state index is -0.558. The van der Waals surface area contributed by atoms with Gasteiger partial charge in [-0.1, -0.05) is 11.3 Å². The number of ether oxygens (including phenoxy) is 1. The highest BCUT2D eigenvalue weighted by molar-refractivity contribution is 14.1. The van der Waals surface area contributed by atoms with Crippen LogP contribution >= 0.6 is 33.9 Å². The van der Waals surface area contributed by atoms with Crippen molar-refractivity contribution in [1.82, 2.24) is 19.9 Å². The standard InChI is InChI=1S/C17H24IN5O3S/c1-17(2,3)26-16(25)20-13-10-8-22(7-9(10)4-5-11(13)24)15-21-23-12(18)6-19-14(23)27-15/h6,9-11,13,24H,4-5,7-8H2,1-3H3,(H,20,25)/t9-,10+,11-,13+/m1/s1. The summed E-state index contributed by atoms with van der Waals surface area (Å²) < 4.78 is 8.24. The summed E-state index contributed by atoms with van der Waals surface area (Å²) in [5.41, 5.74) is -0.558. The zero-order valence-electron chi connectivity index (χ0n) is 15.6. The maximum atomic E-state index is 12.3. The largest absolute Gasteiger partial charge is 0.444 e. The summed E-state index contributed by atoms with van der Waals surface area (Å²) in [6.45, 7) is 7.16. The lowest BCUT2D eigenvalue weighted by molar-refractivity contribution is 0.0187. The first kappa shape index (κ1) is 19.2. The Bertz CT molecular complexity index is 847. The topological polar surface area (TPSA) is 92.0 Å². The van der Waals surface area contributed by atoms with Crippen molar-refractivity contribution in [2.24, 2.45) is 11.8 Å². The van der Waals surface area contributed by atoms with Crippen molar-refractivity contribution in [2.75, 3.05) is 18.0 Å². The third-order valence-electron chi connectivity index (χ3n) is 5.19. The number of hydrogen-bond donors (Lipinski definition) is 2. The van der Waals surface area contributed by atoms with Crippen molar-refractivity contribution in [2.45, 2.75) is 51.4 Å². The van der Waals surface area contributed by atoms with E-state index >= 15 is 0 Å². The van der Waals surface area contributed by atoms with E-state index in [1.807, 2.05) is 31.5 Å². The van der Waals surface area contributed by atoms with Gasteiger partial charge in [0.25, 0.3) is 0 Å². The van der Waals surface area contributed by atoms with E-state index in [9.17, 15) is 9.90 Å². The zero-order valence-corrected chi connectivity index (χ0v) is 18.5. The Morgan fingerprint density at radius 1 is 1.41 bits per heavy atom. The molecular weight excluding hydrogens is 481 g/mol. The summed E-state index contributed by atoms with van der Waals surface area (Å²) in [5.74, 6) is 0.597. The molecule has 1 saturated heterocycles. The molecule has 148 valence electrons. The van der Waals surface area contributed by atoms with Crippen molar-refractivity contribution in [3.05, 3.63) is 9.90 Å². The molecule has 8 nitrogen and oxygen atoms in total. The molecular formula is C17H24IN5O3S. The van der Waals surface area contributed by atoms with E-state index in [0.29, 0.717) is 12.3 Å². The van der Waals surface area contributed by atoms with E-state index < -0.39 is 17.8 Å². The average Bonchev–Trinajstić information content (AvgIpc) is 3.24. The van der Waals surface area contributed by atoms with Crippen LogP contribution in [-0.4, -0.2) is 56.6 Å². The molecule has 1 saturated carbocycles. The minimum absolute atomic E-state index is 0.177. The van der Waals surface area contributed by atoms with Gasteiger partial charge < -0.3 is 20.1 Å². The van der Waals surface area contributed by atoms with Crippen LogP contribution in [0.5, 0.6) is 0 Å². The van der Waals surface area contributed by atoms with E-state index in [-0.39, 0.29) is 12.0 Å². The van der Waals surface area contributed by atoms with Gasteiger partial charge in [0, 0.05) is 19.0 Å². The molecule has 0 bridgehead atoms. The smallest absolute Gasteiger partial charge is 0.407 e. The molecule has 4 atom stereocenters. The molecule has 0 unspecified atom stereocenters. The Morgan fingerprint density at radius 2 is 2.19 bits per heavy atom. The quantitative estimate of drug-likeness (QED) is 0.610. The molecule has 4 rings (SSSR count). The molecule has 27 heavy (non-hydrogen) atoms. The molecule has 2 aromatic rings. The number of fused-ring (bicyclic) bond motifs is 2. The van der Waals surface area contributed by atoms with E-state index in [0.717, 1.165) is 33.3 Å². The summed E-state index contributed by atoms with van der Waals surface area (Å²) in [6, 6.07) is -0.298. The molecule has 0 aromatic carbocycles. The summed E-state index contributed by atoms with van der Waals surface area (Å²) in [5, 5.41) is 19.1. The number of halogens is 1. The first-order chi connectivity index (χ1) is 12.7. The number of alkyl carbamates (subject to hydrolysis) is 1. The lowest BCUT2D eigenvalue weighted by Gasteiger charge is -2.37. The third-order valence-corrected chi connectivity index (χ3v) is 6.91. The van der Waals surface area contributed by atoms with Gasteiger partial charge >= 0.3 is 6.09 Å². The highest BCUT2D eigenvalue weighted by Crippen LogP contribution is 2.39. The van der Waals surface area contributed by atoms with E-state index in [1.54, 1.807) is 11.3 Å². The zero-order chi connectivity index (χ0) is 19.3. The monoisotopic (exact) mass is 505 g/mol. The number of nitrogens with one attached hydrogen (secondary N) is 1. The van der Waals surface area contributed by atoms with Gasteiger partial charge in [-0.3, -0.25) is 0 Å². The number of nitrogens with zero attached hydrogens (tertiary/aromatic N) is 4. The Hall–Kier alpha value is -1.14. The highest BCUT2D eigenvalue weighted by Gasteiger charge is 2.46. The second-order valence-electron chi connectivity index (χ2n) is 8.31. The lowest BCUT2D eigenvalue weighted by atomic mass is 9.76. The van der Waals surface area contributed by atoms with Crippen LogP contribution in [-0.2, 0) is 4.74 Å². The fourth-order valence-corrected chi connectivity index (χ4v) is 5.58. The molecule has 10 heteroatoms. The van der Waals surface area contributed by atoms with Gasteiger partial charge in [0.2, 0.25) is 10.1 Å². The SMILES string of the molecule is CC(C)(C)OC(=O)N[C@H]1[C@H]2CN(c3nn4c(I)cnc4s3)C[C@H]2CC[C@H]1O. The number of hydrogen-bond acceptors (Lipinski definition) is 7. The van der Waals surface area contributed by atoms with Gasteiger partial charge in [0.05, 0.1) is 18.3 Å². The van der Waals surface area contributed by atoms with Crippen LogP contribution in [0.1, 0.15) is 33.6 Å². The fourth-order valence-electron chi connectivity index (χ4n) is 4.05. The van der Waals surface area contributed by atoms with Gasteiger partial charge in [-0.15, -0.1) is 5.10 Å². The first-order valence-electron chi connectivity index (χ1n) is 9.14. The minimum Gasteiger partial charge on any atom is -0.444 e. The number of rotatable bonds is 2. The predicted octanol–water partition coefficient (Wildman–Crippen LogP) is 2.50. The van der Waals surface area contributed by atoms with Crippen LogP contribution in [0.2, 0.25) is 0 Å². The van der Waals surface area contributed by atoms with Gasteiger partial charge in [-0.2, -0.15) is 4.52 Å². The fraction of sp³-hybridized carbons (Fsp3) is 0.706. The molecule has 2 N–H and O–H groups in total. The molecule has 0 spiro atoms. The molecule has 2 aromatic heterocycles. The summed E-state index contributed by atoms with van der Waals surface area (Å²) in [7, 11) is 0. The van der Waals surface area contributed by atoms with Crippen molar-refractivity contribution in [3.8, 4) is 0 Å². The van der Waals surface area contributed by atoms with Crippen molar-refractivity contribution < 1.29 is 14.6 Å². The number of anilines is 1. The Kier molecular flexibility index (Phi) is 5.00. The summed E-state index contributed by atoms with van der Waals surface area (Å²) >= 11 is 3.80. The van der Waals surface area contributed by atoms with Crippen LogP contribution in [0.3, 0.4) is 0 Å².